The van der Waals surface area contributed by atoms with Crippen LogP contribution in [0.2, 0.25) is 0 Å². The van der Waals surface area contributed by atoms with Gasteiger partial charge in [-0.15, -0.1) is 0 Å². The van der Waals surface area contributed by atoms with Crippen molar-refractivity contribution in [3.8, 4) is 0 Å². The third-order valence-electron chi connectivity index (χ3n) is 4.42. The second kappa shape index (κ2) is 7.34. The molecule has 134 valence electrons. The number of aromatic amines is 1. The minimum atomic E-state index is -0.344. The van der Waals surface area contributed by atoms with E-state index in [9.17, 15) is 9.59 Å². The van der Waals surface area contributed by atoms with Crippen molar-refractivity contribution in [3.63, 3.8) is 0 Å². The number of aromatic nitrogens is 2. The Balaban J connectivity index is 1.94. The number of carbonyl (C=O) groups excluding carboxylic acids is 2. The zero-order valence-corrected chi connectivity index (χ0v) is 15.1. The predicted molar refractivity (Wildman–Crippen MR) is 92.1 cm³/mol. The lowest BCUT2D eigenvalue weighted by Crippen LogP contribution is -2.46. The number of H-pyrrole nitrogens is 1. The zero-order valence-electron chi connectivity index (χ0n) is 15.1. The van der Waals surface area contributed by atoms with Gasteiger partial charge in [0.1, 0.15) is 0 Å². The van der Waals surface area contributed by atoms with E-state index in [4.69, 9.17) is 5.73 Å². The molecule has 0 radical (unpaired) electrons. The van der Waals surface area contributed by atoms with Crippen LogP contribution in [0.3, 0.4) is 0 Å². The third-order valence-corrected chi connectivity index (χ3v) is 4.42. The number of rotatable bonds is 5. The number of nitrogens with one attached hydrogen (secondary N) is 1. The molecule has 7 heteroatoms. The Morgan fingerprint density at radius 3 is 2.75 bits per heavy atom. The number of amides is 2. The molecule has 1 aliphatic rings. The fourth-order valence-electron chi connectivity index (χ4n) is 3.09. The Labute approximate surface area is 143 Å². The molecule has 0 saturated carbocycles. The molecule has 24 heavy (non-hydrogen) atoms. The van der Waals surface area contributed by atoms with Crippen LogP contribution < -0.4 is 5.73 Å². The smallest absolute Gasteiger partial charge is 0.231 e. The zero-order chi connectivity index (χ0) is 17.9. The van der Waals surface area contributed by atoms with Crippen LogP contribution in [0.1, 0.15) is 45.0 Å². The largest absolute Gasteiger partial charge is 0.369 e. The molecule has 1 saturated heterocycles. The number of primary amides is 1. The molecular formula is C17H29N5O2. The van der Waals surface area contributed by atoms with Crippen LogP contribution in [-0.4, -0.2) is 58.5 Å². The summed E-state index contributed by atoms with van der Waals surface area (Å²) in [4.78, 5) is 27.5. The molecule has 1 fully saturated rings. The van der Waals surface area contributed by atoms with Crippen molar-refractivity contribution in [3.05, 3.63) is 17.5 Å². The highest BCUT2D eigenvalue weighted by Gasteiger charge is 2.29. The first-order valence-electron chi connectivity index (χ1n) is 8.47. The molecule has 2 heterocycles. The minimum absolute atomic E-state index is 0.0179. The van der Waals surface area contributed by atoms with Gasteiger partial charge >= 0.3 is 0 Å². The summed E-state index contributed by atoms with van der Waals surface area (Å²) in [5, 5.41) is 7.35. The van der Waals surface area contributed by atoms with Crippen molar-refractivity contribution < 1.29 is 9.59 Å². The molecule has 0 aliphatic carbocycles. The Bertz CT molecular complexity index is 590. The van der Waals surface area contributed by atoms with E-state index in [1.54, 1.807) is 4.90 Å². The summed E-state index contributed by atoms with van der Waals surface area (Å²) < 4.78 is 0. The monoisotopic (exact) mass is 335 g/mol. The van der Waals surface area contributed by atoms with E-state index < -0.39 is 0 Å². The number of nitrogens with zero attached hydrogens (tertiary/aromatic N) is 3. The summed E-state index contributed by atoms with van der Waals surface area (Å²) in [6.45, 7) is 8.48. The minimum Gasteiger partial charge on any atom is -0.369 e. The molecule has 1 aromatic rings. The molecule has 0 aromatic carbocycles. The van der Waals surface area contributed by atoms with Gasteiger partial charge in [-0.05, 0) is 25.5 Å². The van der Waals surface area contributed by atoms with E-state index in [0.717, 1.165) is 30.8 Å². The lowest BCUT2D eigenvalue weighted by atomic mass is 9.92. The Morgan fingerprint density at radius 1 is 1.46 bits per heavy atom. The molecule has 7 nitrogen and oxygen atoms in total. The summed E-state index contributed by atoms with van der Waals surface area (Å²) >= 11 is 0. The number of piperidine rings is 1. The number of carbonyl (C=O) groups is 2. The van der Waals surface area contributed by atoms with Gasteiger partial charge in [0.25, 0.3) is 0 Å². The molecule has 1 atom stereocenters. The first-order valence-corrected chi connectivity index (χ1v) is 8.47. The maximum Gasteiger partial charge on any atom is 0.231 e. The molecule has 1 aliphatic heterocycles. The fourth-order valence-corrected chi connectivity index (χ4v) is 3.09. The van der Waals surface area contributed by atoms with Crippen LogP contribution in [0.15, 0.2) is 6.07 Å². The highest BCUT2D eigenvalue weighted by Crippen LogP contribution is 2.22. The summed E-state index contributed by atoms with van der Waals surface area (Å²) in [5.74, 6) is -0.312. The standard InChI is InChI=1S/C17H29N5O2/c1-17(2,3)14-8-13(19-20-14)10-21(4)16(24)12-6-5-7-22(9-12)11-15(18)23/h8,12H,5-7,9-11H2,1-4H3,(H2,18,23)(H,19,20)/t12-/m0/s1. The van der Waals surface area contributed by atoms with Gasteiger partial charge in [0.15, 0.2) is 0 Å². The summed E-state index contributed by atoms with van der Waals surface area (Å²) in [5.41, 5.74) is 7.16. The predicted octanol–water partition coefficient (Wildman–Crippen LogP) is 0.863. The van der Waals surface area contributed by atoms with Crippen molar-refractivity contribution in [2.75, 3.05) is 26.7 Å². The van der Waals surface area contributed by atoms with Gasteiger partial charge < -0.3 is 10.6 Å². The molecule has 0 spiro atoms. The number of nitrogens with two attached hydrogens (primary N) is 1. The maximum absolute atomic E-state index is 12.7. The Hall–Kier alpha value is -1.89. The van der Waals surface area contributed by atoms with Crippen molar-refractivity contribution in [2.45, 2.75) is 45.6 Å². The van der Waals surface area contributed by atoms with Gasteiger partial charge in [-0.3, -0.25) is 19.6 Å². The molecule has 3 N–H and O–H groups in total. The van der Waals surface area contributed by atoms with Crippen LogP contribution in [0.4, 0.5) is 0 Å². The highest BCUT2D eigenvalue weighted by molar-refractivity contribution is 5.79. The molecule has 1 aromatic heterocycles. The van der Waals surface area contributed by atoms with E-state index in [1.165, 1.54) is 0 Å². The van der Waals surface area contributed by atoms with Gasteiger partial charge in [-0.1, -0.05) is 20.8 Å². The summed E-state index contributed by atoms with van der Waals surface area (Å²) in [6.07, 6.45) is 1.77. The van der Waals surface area contributed by atoms with Crippen LogP contribution in [0, 0.1) is 5.92 Å². The topological polar surface area (TPSA) is 95.3 Å². The van der Waals surface area contributed by atoms with Gasteiger partial charge in [-0.2, -0.15) is 5.10 Å². The van der Waals surface area contributed by atoms with Gasteiger partial charge in [0.05, 0.1) is 30.4 Å². The lowest BCUT2D eigenvalue weighted by molar-refractivity contribution is -0.137. The van der Waals surface area contributed by atoms with Gasteiger partial charge in [-0.25, -0.2) is 0 Å². The van der Waals surface area contributed by atoms with Crippen molar-refractivity contribution in [2.24, 2.45) is 11.7 Å². The van der Waals surface area contributed by atoms with E-state index in [2.05, 4.69) is 31.0 Å². The molecule has 0 bridgehead atoms. The van der Waals surface area contributed by atoms with E-state index in [0.29, 0.717) is 13.1 Å². The normalized spacial score (nSPS) is 19.2. The van der Waals surface area contributed by atoms with Crippen LogP contribution >= 0.6 is 0 Å². The second-order valence-electron chi connectivity index (χ2n) is 7.76. The van der Waals surface area contributed by atoms with Gasteiger partial charge in [0.2, 0.25) is 11.8 Å². The third kappa shape index (κ3) is 4.80. The van der Waals surface area contributed by atoms with E-state index >= 15 is 0 Å². The number of likely N-dealkylation sites (tertiary alicyclic amines) is 1. The first-order chi connectivity index (χ1) is 11.2. The van der Waals surface area contributed by atoms with Gasteiger partial charge in [0, 0.05) is 19.0 Å². The molecule has 2 rings (SSSR count). The Morgan fingerprint density at radius 2 is 2.17 bits per heavy atom. The van der Waals surface area contributed by atoms with Crippen LogP contribution in [0.5, 0.6) is 0 Å². The fraction of sp³-hybridized carbons (Fsp3) is 0.706. The van der Waals surface area contributed by atoms with Crippen molar-refractivity contribution in [1.82, 2.24) is 20.0 Å². The molecule has 0 unspecified atom stereocenters. The second-order valence-corrected chi connectivity index (χ2v) is 7.76. The van der Waals surface area contributed by atoms with Crippen molar-refractivity contribution >= 4 is 11.8 Å². The van der Waals surface area contributed by atoms with E-state index in [1.807, 2.05) is 18.0 Å². The van der Waals surface area contributed by atoms with E-state index in [-0.39, 0.29) is 29.7 Å². The van der Waals surface area contributed by atoms with Crippen LogP contribution in [-0.2, 0) is 21.5 Å². The average molecular weight is 335 g/mol. The first kappa shape index (κ1) is 18.4. The quantitative estimate of drug-likeness (QED) is 0.834. The summed E-state index contributed by atoms with van der Waals surface area (Å²) in [6, 6.07) is 2.02. The molecular weight excluding hydrogens is 306 g/mol. The lowest BCUT2D eigenvalue weighted by Gasteiger charge is -2.33. The highest BCUT2D eigenvalue weighted by atomic mass is 16.2. The molecule has 2 amide bonds. The SMILES string of the molecule is CN(Cc1cc(C(C)(C)C)n[nH]1)C(=O)[C@H]1CCCN(CC(N)=O)C1. The Kier molecular flexibility index (Phi) is 5.64. The number of hydrogen-bond donors (Lipinski definition) is 2. The summed E-state index contributed by atoms with van der Waals surface area (Å²) in [7, 11) is 1.81. The number of hydrogen-bond acceptors (Lipinski definition) is 4. The average Bonchev–Trinajstić information content (AvgIpc) is 2.94. The maximum atomic E-state index is 12.7. The van der Waals surface area contributed by atoms with Crippen LogP contribution in [0.25, 0.3) is 0 Å². The van der Waals surface area contributed by atoms with Crippen molar-refractivity contribution in [1.29, 1.82) is 0 Å².